The Labute approximate surface area is 189 Å². The molecule has 1 saturated heterocycles. The van der Waals surface area contributed by atoms with E-state index in [1.807, 2.05) is 19.1 Å². The summed E-state index contributed by atoms with van der Waals surface area (Å²) >= 11 is 0. The van der Waals surface area contributed by atoms with Crippen LogP contribution in [-0.4, -0.2) is 55.8 Å². The van der Waals surface area contributed by atoms with Crippen molar-refractivity contribution in [1.82, 2.24) is 9.21 Å². The van der Waals surface area contributed by atoms with E-state index in [1.165, 1.54) is 10.4 Å². The first-order valence-corrected chi connectivity index (χ1v) is 12.6. The number of anilines is 1. The summed E-state index contributed by atoms with van der Waals surface area (Å²) in [7, 11) is -3.72. The van der Waals surface area contributed by atoms with E-state index in [1.54, 1.807) is 36.1 Å². The molecule has 0 atom stereocenters. The van der Waals surface area contributed by atoms with E-state index < -0.39 is 15.8 Å². The van der Waals surface area contributed by atoms with Gasteiger partial charge in [-0.25, -0.2) is 12.8 Å². The summed E-state index contributed by atoms with van der Waals surface area (Å²) < 4.78 is 43.4. The largest absolute Gasteiger partial charge is 0.368 e. The Hall–Kier alpha value is -2.45. The van der Waals surface area contributed by atoms with Crippen LogP contribution in [0.15, 0.2) is 47.4 Å². The predicted octanol–water partition coefficient (Wildman–Crippen LogP) is 3.55. The van der Waals surface area contributed by atoms with E-state index in [9.17, 15) is 13.2 Å². The van der Waals surface area contributed by atoms with Crippen molar-refractivity contribution in [3.63, 3.8) is 0 Å². The van der Waals surface area contributed by atoms with Crippen molar-refractivity contribution in [2.45, 2.75) is 50.6 Å². The number of carbonyl (C=O) groups is 1. The fourth-order valence-electron chi connectivity index (χ4n) is 4.30. The van der Waals surface area contributed by atoms with Crippen LogP contribution < -0.4 is 4.90 Å². The van der Waals surface area contributed by atoms with Crippen LogP contribution in [0.1, 0.15) is 37.3 Å². The van der Waals surface area contributed by atoms with E-state index in [-0.39, 0.29) is 23.4 Å². The molecule has 1 aliphatic heterocycles. The molecule has 2 fully saturated rings. The molecule has 2 aliphatic rings. The van der Waals surface area contributed by atoms with Crippen molar-refractivity contribution in [3.05, 3.63) is 59.4 Å². The molecular weight excluding hydrogens is 429 g/mol. The summed E-state index contributed by atoms with van der Waals surface area (Å²) in [5, 5.41) is 0. The normalized spacial score (nSPS) is 17.5. The lowest BCUT2D eigenvalue weighted by Gasteiger charge is -2.37. The fraction of sp³-hybridized carbons (Fsp3) is 0.458. The maximum absolute atomic E-state index is 15.1. The highest BCUT2D eigenvalue weighted by molar-refractivity contribution is 7.89. The Balaban J connectivity index is 1.54. The van der Waals surface area contributed by atoms with Gasteiger partial charge in [0.25, 0.3) is 0 Å². The Bertz CT molecular complexity index is 1090. The van der Waals surface area contributed by atoms with Gasteiger partial charge < -0.3 is 9.80 Å². The lowest BCUT2D eigenvalue weighted by molar-refractivity contribution is -0.129. The summed E-state index contributed by atoms with van der Waals surface area (Å²) in [6.45, 7) is 5.96. The Kier molecular flexibility index (Phi) is 6.53. The van der Waals surface area contributed by atoms with Crippen molar-refractivity contribution >= 4 is 21.6 Å². The van der Waals surface area contributed by atoms with Gasteiger partial charge in [0.15, 0.2) is 0 Å². The van der Waals surface area contributed by atoms with Gasteiger partial charge >= 0.3 is 0 Å². The van der Waals surface area contributed by atoms with Gasteiger partial charge in [0.05, 0.1) is 4.90 Å². The number of benzene rings is 2. The van der Waals surface area contributed by atoms with Crippen molar-refractivity contribution in [2.24, 2.45) is 0 Å². The molecule has 172 valence electrons. The Morgan fingerprint density at radius 3 is 2.38 bits per heavy atom. The summed E-state index contributed by atoms with van der Waals surface area (Å²) in [6.07, 6.45) is 2.58. The van der Waals surface area contributed by atoms with E-state index in [0.29, 0.717) is 31.7 Å². The third kappa shape index (κ3) is 4.66. The minimum absolute atomic E-state index is 0.0190. The molecule has 0 unspecified atom stereocenters. The molecule has 0 bridgehead atoms. The molecule has 0 N–H and O–H groups in total. The number of hydrogen-bond acceptors (Lipinski definition) is 4. The smallest absolute Gasteiger partial charge is 0.243 e. The standard InChI is InChI=1S/C24H30FN3O3S/c1-18-5-3-8-23(15-18)32(30,31)28(21-6-4-7-21)17-20-9-10-22(16-24(20)25)27-13-11-26(12-14-27)19(2)29/h3,5,8-10,15-16,21H,4,6-7,11-14,17H2,1-2H3. The zero-order valence-corrected chi connectivity index (χ0v) is 19.4. The average Bonchev–Trinajstić information content (AvgIpc) is 2.73. The molecule has 1 saturated carbocycles. The number of rotatable bonds is 6. The SMILES string of the molecule is CC(=O)N1CCN(c2ccc(CN(C3CCC3)S(=O)(=O)c3cccc(C)c3)c(F)c2)CC1. The molecule has 6 nitrogen and oxygen atoms in total. The topological polar surface area (TPSA) is 60.9 Å². The molecule has 0 spiro atoms. The number of aryl methyl sites for hydroxylation is 1. The highest BCUT2D eigenvalue weighted by Crippen LogP contribution is 2.32. The second-order valence-electron chi connectivity index (χ2n) is 8.72. The van der Waals surface area contributed by atoms with Gasteiger partial charge in [-0.2, -0.15) is 4.31 Å². The van der Waals surface area contributed by atoms with Crippen LogP contribution >= 0.6 is 0 Å². The van der Waals surface area contributed by atoms with Gasteiger partial charge in [0.1, 0.15) is 5.82 Å². The van der Waals surface area contributed by atoms with Gasteiger partial charge in [-0.1, -0.05) is 24.6 Å². The minimum atomic E-state index is -3.72. The van der Waals surface area contributed by atoms with E-state index >= 15 is 4.39 Å². The third-order valence-corrected chi connectivity index (χ3v) is 8.43. The quantitative estimate of drug-likeness (QED) is 0.663. The van der Waals surface area contributed by atoms with E-state index in [0.717, 1.165) is 30.5 Å². The minimum Gasteiger partial charge on any atom is -0.368 e. The van der Waals surface area contributed by atoms with Gasteiger partial charge in [0, 0.05) is 56.9 Å². The van der Waals surface area contributed by atoms with Crippen LogP contribution in [0.25, 0.3) is 0 Å². The summed E-state index contributed by atoms with van der Waals surface area (Å²) in [5.41, 5.74) is 2.01. The van der Waals surface area contributed by atoms with Crippen LogP contribution in [0.3, 0.4) is 0 Å². The molecule has 1 heterocycles. The molecule has 8 heteroatoms. The summed E-state index contributed by atoms with van der Waals surface area (Å²) in [5.74, 6) is -0.350. The van der Waals surface area contributed by atoms with Crippen LogP contribution in [0.4, 0.5) is 10.1 Å². The highest BCUT2D eigenvalue weighted by atomic mass is 32.2. The zero-order valence-electron chi connectivity index (χ0n) is 18.6. The first kappa shape index (κ1) is 22.7. The summed E-state index contributed by atoms with van der Waals surface area (Å²) in [6, 6.07) is 11.8. The maximum Gasteiger partial charge on any atom is 0.243 e. The third-order valence-electron chi connectivity index (χ3n) is 6.53. The molecule has 2 aromatic rings. The fourth-order valence-corrected chi connectivity index (χ4v) is 6.07. The molecule has 4 rings (SSSR count). The maximum atomic E-state index is 15.1. The van der Waals surface area contributed by atoms with E-state index in [2.05, 4.69) is 4.90 Å². The molecule has 1 amide bonds. The van der Waals surface area contributed by atoms with Gasteiger partial charge in [0.2, 0.25) is 15.9 Å². The molecule has 1 aliphatic carbocycles. The summed E-state index contributed by atoms with van der Waals surface area (Å²) in [4.78, 5) is 15.6. The van der Waals surface area contributed by atoms with Gasteiger partial charge in [-0.15, -0.1) is 0 Å². The van der Waals surface area contributed by atoms with Gasteiger partial charge in [-0.05, 0) is 49.6 Å². The first-order valence-electron chi connectivity index (χ1n) is 11.1. The number of carbonyl (C=O) groups excluding carboxylic acids is 1. The number of nitrogens with zero attached hydrogens (tertiary/aromatic N) is 3. The molecular formula is C24H30FN3O3S. The predicted molar refractivity (Wildman–Crippen MR) is 122 cm³/mol. The van der Waals surface area contributed by atoms with Crippen LogP contribution in [0.5, 0.6) is 0 Å². The van der Waals surface area contributed by atoms with Crippen molar-refractivity contribution in [3.8, 4) is 0 Å². The lowest BCUT2D eigenvalue weighted by Crippen LogP contribution is -2.48. The monoisotopic (exact) mass is 459 g/mol. The first-order chi connectivity index (χ1) is 15.3. The molecule has 0 radical (unpaired) electrons. The lowest BCUT2D eigenvalue weighted by atomic mass is 9.93. The number of amides is 1. The molecule has 32 heavy (non-hydrogen) atoms. The van der Waals surface area contributed by atoms with Crippen molar-refractivity contribution in [2.75, 3.05) is 31.1 Å². The van der Waals surface area contributed by atoms with Gasteiger partial charge in [-0.3, -0.25) is 4.79 Å². The van der Waals surface area contributed by atoms with Crippen molar-refractivity contribution < 1.29 is 17.6 Å². The average molecular weight is 460 g/mol. The second kappa shape index (κ2) is 9.19. The second-order valence-corrected chi connectivity index (χ2v) is 10.6. The Morgan fingerprint density at radius 1 is 1.09 bits per heavy atom. The van der Waals surface area contributed by atoms with E-state index in [4.69, 9.17) is 0 Å². The van der Waals surface area contributed by atoms with Crippen LogP contribution in [-0.2, 0) is 21.4 Å². The zero-order chi connectivity index (χ0) is 22.9. The van der Waals surface area contributed by atoms with Crippen LogP contribution in [0, 0.1) is 12.7 Å². The number of halogens is 1. The Morgan fingerprint density at radius 2 is 1.81 bits per heavy atom. The number of sulfonamides is 1. The van der Waals surface area contributed by atoms with Crippen LogP contribution in [0.2, 0.25) is 0 Å². The molecule has 2 aromatic carbocycles. The van der Waals surface area contributed by atoms with Crippen molar-refractivity contribution in [1.29, 1.82) is 0 Å². The highest BCUT2D eigenvalue weighted by Gasteiger charge is 2.35. The molecule has 0 aromatic heterocycles. The number of hydrogen-bond donors (Lipinski definition) is 0. The number of piperazine rings is 1.